The van der Waals surface area contributed by atoms with Crippen LogP contribution in [0.4, 0.5) is 0 Å². The molecule has 0 atom stereocenters. The SMILES string of the molecule is CC(C)(CNC(=O)C1(N)CCOCC1)c1cccc(Cl)c1. The lowest BCUT2D eigenvalue weighted by molar-refractivity contribution is -0.130. The third-order valence-electron chi connectivity index (χ3n) is 4.13. The van der Waals surface area contributed by atoms with Crippen LogP contribution in [0.25, 0.3) is 0 Å². The maximum atomic E-state index is 12.3. The molecule has 3 N–H and O–H groups in total. The van der Waals surface area contributed by atoms with Crippen molar-refractivity contribution in [2.75, 3.05) is 19.8 Å². The predicted octanol–water partition coefficient (Wildman–Crippen LogP) is 2.24. The first-order valence-corrected chi connectivity index (χ1v) is 7.62. The quantitative estimate of drug-likeness (QED) is 0.896. The van der Waals surface area contributed by atoms with E-state index in [4.69, 9.17) is 22.1 Å². The molecular weight excluding hydrogens is 288 g/mol. The van der Waals surface area contributed by atoms with E-state index >= 15 is 0 Å². The van der Waals surface area contributed by atoms with E-state index in [-0.39, 0.29) is 11.3 Å². The summed E-state index contributed by atoms with van der Waals surface area (Å²) in [4.78, 5) is 12.3. The molecule has 0 bridgehead atoms. The van der Waals surface area contributed by atoms with Crippen LogP contribution in [-0.2, 0) is 14.9 Å². The van der Waals surface area contributed by atoms with Gasteiger partial charge in [0.1, 0.15) is 0 Å². The number of ether oxygens (including phenoxy) is 1. The standard InChI is InChI=1S/C16H23ClN2O2/c1-15(2,12-4-3-5-13(17)10-12)11-19-14(20)16(18)6-8-21-9-7-16/h3-5,10H,6-9,11,18H2,1-2H3,(H,19,20). The fourth-order valence-electron chi connectivity index (χ4n) is 2.45. The molecule has 1 aliphatic heterocycles. The topological polar surface area (TPSA) is 64.4 Å². The van der Waals surface area contributed by atoms with Gasteiger partial charge in [-0.05, 0) is 30.5 Å². The molecule has 1 amide bonds. The molecule has 4 nitrogen and oxygen atoms in total. The van der Waals surface area contributed by atoms with Gasteiger partial charge in [-0.15, -0.1) is 0 Å². The third-order valence-corrected chi connectivity index (χ3v) is 4.37. The van der Waals surface area contributed by atoms with Crippen molar-refractivity contribution >= 4 is 17.5 Å². The van der Waals surface area contributed by atoms with Gasteiger partial charge in [0.2, 0.25) is 5.91 Å². The Hall–Kier alpha value is -1.10. The fraction of sp³-hybridized carbons (Fsp3) is 0.562. The molecule has 5 heteroatoms. The minimum atomic E-state index is -0.803. The van der Waals surface area contributed by atoms with E-state index in [9.17, 15) is 4.79 Å². The van der Waals surface area contributed by atoms with Crippen LogP contribution in [0.5, 0.6) is 0 Å². The second kappa shape index (κ2) is 6.34. The molecule has 0 aliphatic carbocycles. The number of benzene rings is 1. The molecule has 1 fully saturated rings. The second-order valence-electron chi connectivity index (χ2n) is 6.35. The van der Waals surface area contributed by atoms with Crippen LogP contribution in [0.15, 0.2) is 24.3 Å². The first-order chi connectivity index (χ1) is 9.83. The van der Waals surface area contributed by atoms with E-state index < -0.39 is 5.54 Å². The molecule has 1 heterocycles. The lowest BCUT2D eigenvalue weighted by Gasteiger charge is -2.34. The maximum absolute atomic E-state index is 12.3. The van der Waals surface area contributed by atoms with Gasteiger partial charge < -0.3 is 15.8 Å². The van der Waals surface area contributed by atoms with E-state index in [2.05, 4.69) is 19.2 Å². The molecular formula is C16H23ClN2O2. The van der Waals surface area contributed by atoms with Crippen LogP contribution in [0.1, 0.15) is 32.3 Å². The zero-order chi connectivity index (χ0) is 15.5. The summed E-state index contributed by atoms with van der Waals surface area (Å²) in [5, 5.41) is 3.69. The second-order valence-corrected chi connectivity index (χ2v) is 6.78. The van der Waals surface area contributed by atoms with Gasteiger partial charge in [0.05, 0.1) is 5.54 Å². The Bertz CT molecular complexity index is 511. The monoisotopic (exact) mass is 310 g/mol. The number of nitrogens with one attached hydrogen (secondary N) is 1. The van der Waals surface area contributed by atoms with Crippen molar-refractivity contribution in [3.63, 3.8) is 0 Å². The number of amides is 1. The van der Waals surface area contributed by atoms with Crippen LogP contribution >= 0.6 is 11.6 Å². The van der Waals surface area contributed by atoms with Crippen molar-refractivity contribution in [1.82, 2.24) is 5.32 Å². The minimum absolute atomic E-state index is 0.0964. The number of carbonyl (C=O) groups is 1. The molecule has 1 aromatic rings. The molecule has 0 unspecified atom stereocenters. The summed E-state index contributed by atoms with van der Waals surface area (Å²) >= 11 is 6.04. The Balaban J connectivity index is 1.99. The first-order valence-electron chi connectivity index (χ1n) is 7.24. The number of hydrogen-bond donors (Lipinski definition) is 2. The fourth-order valence-corrected chi connectivity index (χ4v) is 2.64. The van der Waals surface area contributed by atoms with Gasteiger partial charge in [-0.1, -0.05) is 37.6 Å². The van der Waals surface area contributed by atoms with E-state index in [0.717, 1.165) is 5.56 Å². The molecule has 1 aromatic carbocycles. The van der Waals surface area contributed by atoms with Crippen molar-refractivity contribution in [3.8, 4) is 0 Å². The lowest BCUT2D eigenvalue weighted by atomic mass is 9.84. The Morgan fingerprint density at radius 1 is 1.43 bits per heavy atom. The van der Waals surface area contributed by atoms with Gasteiger partial charge in [-0.25, -0.2) is 0 Å². The van der Waals surface area contributed by atoms with Crippen molar-refractivity contribution in [3.05, 3.63) is 34.9 Å². The van der Waals surface area contributed by atoms with Gasteiger partial charge in [-0.3, -0.25) is 4.79 Å². The number of halogens is 1. The summed E-state index contributed by atoms with van der Waals surface area (Å²) in [6, 6.07) is 7.71. The molecule has 0 radical (unpaired) electrons. The Morgan fingerprint density at radius 2 is 2.10 bits per heavy atom. The summed E-state index contributed by atoms with van der Waals surface area (Å²) < 4.78 is 5.27. The molecule has 0 spiro atoms. The van der Waals surface area contributed by atoms with Gasteiger partial charge in [-0.2, -0.15) is 0 Å². The van der Waals surface area contributed by atoms with Crippen LogP contribution in [0, 0.1) is 0 Å². The molecule has 116 valence electrons. The zero-order valence-electron chi connectivity index (χ0n) is 12.6. The smallest absolute Gasteiger partial charge is 0.240 e. The normalized spacial score (nSPS) is 18.3. The summed E-state index contributed by atoms with van der Waals surface area (Å²) in [5.41, 5.74) is 6.26. The van der Waals surface area contributed by atoms with Crippen molar-refractivity contribution < 1.29 is 9.53 Å². The number of carbonyl (C=O) groups excluding carboxylic acids is 1. The van der Waals surface area contributed by atoms with Gasteiger partial charge >= 0.3 is 0 Å². The zero-order valence-corrected chi connectivity index (χ0v) is 13.4. The minimum Gasteiger partial charge on any atom is -0.381 e. The maximum Gasteiger partial charge on any atom is 0.240 e. The van der Waals surface area contributed by atoms with E-state index in [1.807, 2.05) is 24.3 Å². The van der Waals surface area contributed by atoms with Gasteiger partial charge in [0.25, 0.3) is 0 Å². The Kier molecular flexibility index (Phi) is 4.91. The van der Waals surface area contributed by atoms with E-state index in [1.165, 1.54) is 0 Å². The highest BCUT2D eigenvalue weighted by molar-refractivity contribution is 6.30. The Morgan fingerprint density at radius 3 is 2.71 bits per heavy atom. The molecule has 1 aliphatic rings. The highest BCUT2D eigenvalue weighted by atomic mass is 35.5. The van der Waals surface area contributed by atoms with Crippen LogP contribution in [0.2, 0.25) is 5.02 Å². The summed E-state index contributed by atoms with van der Waals surface area (Å²) in [6.45, 7) is 5.76. The van der Waals surface area contributed by atoms with Crippen LogP contribution in [0.3, 0.4) is 0 Å². The lowest BCUT2D eigenvalue weighted by Crippen LogP contribution is -2.58. The number of rotatable bonds is 4. The van der Waals surface area contributed by atoms with E-state index in [0.29, 0.717) is 37.6 Å². The first kappa shape index (κ1) is 16.3. The number of nitrogens with two attached hydrogens (primary N) is 1. The van der Waals surface area contributed by atoms with Crippen molar-refractivity contribution in [2.24, 2.45) is 5.73 Å². The average molecular weight is 311 g/mol. The highest BCUT2D eigenvalue weighted by Gasteiger charge is 2.36. The largest absolute Gasteiger partial charge is 0.381 e. The molecule has 0 aromatic heterocycles. The molecule has 0 saturated carbocycles. The Labute approximate surface area is 131 Å². The summed E-state index contributed by atoms with van der Waals surface area (Å²) in [6.07, 6.45) is 1.13. The molecule has 1 saturated heterocycles. The predicted molar refractivity (Wildman–Crippen MR) is 84.5 cm³/mol. The average Bonchev–Trinajstić information content (AvgIpc) is 2.45. The van der Waals surface area contributed by atoms with Crippen LogP contribution < -0.4 is 11.1 Å². The molecule has 2 rings (SSSR count). The third kappa shape index (κ3) is 3.96. The van der Waals surface area contributed by atoms with E-state index in [1.54, 1.807) is 0 Å². The van der Waals surface area contributed by atoms with Gasteiger partial charge in [0, 0.05) is 30.2 Å². The molecule has 21 heavy (non-hydrogen) atoms. The van der Waals surface area contributed by atoms with Crippen molar-refractivity contribution in [2.45, 2.75) is 37.6 Å². The summed E-state index contributed by atoms with van der Waals surface area (Å²) in [7, 11) is 0. The van der Waals surface area contributed by atoms with Gasteiger partial charge in [0.15, 0.2) is 0 Å². The highest BCUT2D eigenvalue weighted by Crippen LogP contribution is 2.25. The summed E-state index contributed by atoms with van der Waals surface area (Å²) in [5.74, 6) is -0.0964. The van der Waals surface area contributed by atoms with Crippen LogP contribution in [-0.4, -0.2) is 31.2 Å². The van der Waals surface area contributed by atoms with Crippen molar-refractivity contribution in [1.29, 1.82) is 0 Å². The number of hydrogen-bond acceptors (Lipinski definition) is 3.